The topological polar surface area (TPSA) is 86.1 Å². The van der Waals surface area contributed by atoms with Gasteiger partial charge in [0.25, 0.3) is 0 Å². The molecule has 8 aliphatic rings. The predicted octanol–water partition coefficient (Wildman–Crippen LogP) is 7.67. The number of rotatable bonds is 5. The largest absolute Gasteiger partial charge is 0.446 e. The van der Waals surface area contributed by atoms with Crippen molar-refractivity contribution in [2.75, 3.05) is 19.6 Å². The lowest BCUT2D eigenvalue weighted by Crippen LogP contribution is -2.56. The van der Waals surface area contributed by atoms with E-state index in [-0.39, 0.29) is 47.9 Å². The summed E-state index contributed by atoms with van der Waals surface area (Å²) in [5, 5.41) is 0. The normalized spacial score (nSPS) is 43.5. The van der Waals surface area contributed by atoms with Gasteiger partial charge in [-0.05, 0) is 123 Å². The minimum Gasteiger partial charge on any atom is -0.446 e. The molecule has 5 saturated carbocycles. The maximum absolute atomic E-state index is 13.5. The third-order valence-corrected chi connectivity index (χ3v) is 16.5. The number of fused-ring (bicyclic) bond motifs is 5. The van der Waals surface area contributed by atoms with Crippen LogP contribution in [0.5, 0.6) is 0 Å². The van der Waals surface area contributed by atoms with Crippen molar-refractivity contribution in [1.82, 2.24) is 19.4 Å². The van der Waals surface area contributed by atoms with Crippen LogP contribution in [0.15, 0.2) is 12.4 Å². The minimum atomic E-state index is -0.174. The lowest BCUT2D eigenvalue weighted by molar-refractivity contribution is -0.155. The average molecular weight is 677 g/mol. The van der Waals surface area contributed by atoms with Gasteiger partial charge >= 0.3 is 12.2 Å². The molecule has 5 aliphatic carbocycles. The molecule has 2 amide bonds. The number of ether oxygens (including phenoxy) is 3. The highest BCUT2D eigenvalue weighted by Crippen LogP contribution is 2.87. The first-order valence-electron chi connectivity index (χ1n) is 20.1. The van der Waals surface area contributed by atoms with Crippen LogP contribution < -0.4 is 0 Å². The standard InChI is InChI=1S/C40H60N4O5/c1-6-38-14-15-39-24-40(39)13-12-32(48-36(46)44-21-20-42-19-16-41-33(42)23-44)37(4,5)31(40)11-9-26(39)28(38)22-30-27(38)8-10-29(47-30)34(25(2)3)49-35(45)43-17-7-18-43/h16,19,25-32,34H,6-15,17-18,20-24H2,1-5H3. The van der Waals surface area contributed by atoms with Crippen molar-refractivity contribution in [1.29, 1.82) is 0 Å². The van der Waals surface area contributed by atoms with Crippen LogP contribution in [0.4, 0.5) is 9.59 Å². The van der Waals surface area contributed by atoms with E-state index in [2.05, 4.69) is 44.2 Å². The molecule has 9 rings (SSSR count). The third kappa shape index (κ3) is 4.61. The minimum absolute atomic E-state index is 0.00276. The molecule has 0 bridgehead atoms. The molecule has 270 valence electrons. The number of hydrogen-bond acceptors (Lipinski definition) is 6. The van der Waals surface area contributed by atoms with E-state index in [0.29, 0.717) is 41.2 Å². The van der Waals surface area contributed by atoms with E-state index in [1.165, 1.54) is 57.8 Å². The molecular weight excluding hydrogens is 616 g/mol. The second kappa shape index (κ2) is 11.4. The summed E-state index contributed by atoms with van der Waals surface area (Å²) < 4.78 is 21.9. The fourth-order valence-corrected chi connectivity index (χ4v) is 14.0. The summed E-state index contributed by atoms with van der Waals surface area (Å²) in [5.41, 5.74) is 1.21. The maximum atomic E-state index is 13.5. The van der Waals surface area contributed by atoms with Gasteiger partial charge in [-0.1, -0.05) is 34.6 Å². The second-order valence-electron chi connectivity index (χ2n) is 18.7. The van der Waals surface area contributed by atoms with Crippen molar-refractivity contribution in [3.8, 4) is 0 Å². The average Bonchev–Trinajstić information content (AvgIpc) is 3.31. The number of carbonyl (C=O) groups is 2. The molecule has 2 spiro atoms. The number of aromatic nitrogens is 2. The van der Waals surface area contributed by atoms with E-state index in [9.17, 15) is 9.59 Å². The number of carbonyl (C=O) groups excluding carboxylic acids is 2. The molecule has 0 radical (unpaired) electrons. The van der Waals surface area contributed by atoms with Gasteiger partial charge in [0.2, 0.25) is 0 Å². The highest BCUT2D eigenvalue weighted by Gasteiger charge is 2.81. The quantitative estimate of drug-likeness (QED) is 0.318. The molecule has 9 heteroatoms. The number of hydrogen-bond donors (Lipinski definition) is 0. The van der Waals surface area contributed by atoms with E-state index in [1.807, 2.05) is 22.2 Å². The molecule has 7 fully saturated rings. The lowest BCUT2D eigenvalue weighted by atomic mass is 9.45. The van der Waals surface area contributed by atoms with Gasteiger partial charge in [0.1, 0.15) is 18.0 Å². The van der Waals surface area contributed by atoms with Crippen LogP contribution in [0.25, 0.3) is 0 Å². The summed E-state index contributed by atoms with van der Waals surface area (Å²) in [6.07, 6.45) is 18.2. The maximum Gasteiger partial charge on any atom is 0.410 e. The molecule has 3 aliphatic heterocycles. The van der Waals surface area contributed by atoms with Gasteiger partial charge in [-0.2, -0.15) is 0 Å². The molecule has 49 heavy (non-hydrogen) atoms. The molecule has 9 nitrogen and oxygen atoms in total. The van der Waals surface area contributed by atoms with Crippen molar-refractivity contribution in [2.24, 2.45) is 51.2 Å². The molecule has 2 saturated heterocycles. The number of likely N-dealkylation sites (tertiary alicyclic amines) is 1. The summed E-state index contributed by atoms with van der Waals surface area (Å²) in [4.78, 5) is 34.5. The van der Waals surface area contributed by atoms with Gasteiger partial charge in [-0.3, -0.25) is 4.90 Å². The Morgan fingerprint density at radius 1 is 0.939 bits per heavy atom. The van der Waals surface area contributed by atoms with Crippen LogP contribution in [0.1, 0.15) is 117 Å². The summed E-state index contributed by atoms with van der Waals surface area (Å²) in [6.45, 7) is 15.3. The van der Waals surface area contributed by atoms with Gasteiger partial charge in [0.15, 0.2) is 0 Å². The second-order valence-corrected chi connectivity index (χ2v) is 18.7. The molecular formula is C40H60N4O5. The van der Waals surface area contributed by atoms with Crippen LogP contribution in [-0.4, -0.2) is 75.6 Å². The van der Waals surface area contributed by atoms with Crippen LogP contribution in [-0.2, 0) is 27.3 Å². The van der Waals surface area contributed by atoms with Crippen molar-refractivity contribution >= 4 is 12.2 Å². The highest BCUT2D eigenvalue weighted by atomic mass is 16.6. The lowest BCUT2D eigenvalue weighted by Gasteiger charge is -2.60. The van der Waals surface area contributed by atoms with Crippen molar-refractivity contribution in [3.63, 3.8) is 0 Å². The van der Waals surface area contributed by atoms with Crippen LogP contribution in [0.2, 0.25) is 0 Å². The van der Waals surface area contributed by atoms with Crippen LogP contribution >= 0.6 is 0 Å². The first-order valence-corrected chi connectivity index (χ1v) is 20.1. The summed E-state index contributed by atoms with van der Waals surface area (Å²) in [7, 11) is 0. The van der Waals surface area contributed by atoms with Crippen molar-refractivity contribution in [3.05, 3.63) is 18.2 Å². The first-order chi connectivity index (χ1) is 23.5. The third-order valence-electron chi connectivity index (χ3n) is 16.5. The Hall–Kier alpha value is -2.29. The molecule has 11 unspecified atom stereocenters. The zero-order chi connectivity index (χ0) is 33.9. The van der Waals surface area contributed by atoms with E-state index < -0.39 is 0 Å². The van der Waals surface area contributed by atoms with Crippen molar-refractivity contribution in [2.45, 2.75) is 149 Å². The van der Waals surface area contributed by atoms with E-state index in [1.54, 1.807) is 0 Å². The summed E-state index contributed by atoms with van der Waals surface area (Å²) in [6, 6.07) is 0. The van der Waals surface area contributed by atoms with Gasteiger partial charge in [-0.25, -0.2) is 14.6 Å². The summed E-state index contributed by atoms with van der Waals surface area (Å²) >= 11 is 0. The number of imidazole rings is 1. The van der Waals surface area contributed by atoms with Crippen LogP contribution in [0.3, 0.4) is 0 Å². The SMILES string of the molecule is CCC12CCC34CC35CCC(OC(=O)N3CCn6ccnc6C3)C(C)(C)C5CCC4C1CC1OC(C(OC(=O)N3CCC3)C(C)C)CCC12. The van der Waals surface area contributed by atoms with E-state index in [4.69, 9.17) is 14.2 Å². The fraction of sp³-hybridized carbons (Fsp3) is 0.875. The molecule has 0 aromatic carbocycles. The molecule has 1 aromatic heterocycles. The first kappa shape index (κ1) is 32.6. The Kier molecular flexibility index (Phi) is 7.56. The molecule has 4 heterocycles. The molecule has 1 aromatic rings. The highest BCUT2D eigenvalue weighted by molar-refractivity contribution is 5.69. The zero-order valence-electron chi connectivity index (χ0n) is 30.7. The monoisotopic (exact) mass is 676 g/mol. The van der Waals surface area contributed by atoms with E-state index >= 15 is 0 Å². The Labute approximate surface area is 293 Å². The molecule has 0 N–H and O–H groups in total. The smallest absolute Gasteiger partial charge is 0.410 e. The van der Waals surface area contributed by atoms with Gasteiger partial charge in [-0.15, -0.1) is 0 Å². The predicted molar refractivity (Wildman–Crippen MR) is 184 cm³/mol. The Morgan fingerprint density at radius 2 is 1.76 bits per heavy atom. The number of amides is 2. The van der Waals surface area contributed by atoms with Gasteiger partial charge in [0.05, 0.1) is 18.8 Å². The zero-order valence-corrected chi connectivity index (χ0v) is 30.7. The fourth-order valence-electron chi connectivity index (χ4n) is 14.0. The Bertz CT molecular complexity index is 1470. The molecule has 11 atom stereocenters. The van der Waals surface area contributed by atoms with E-state index in [0.717, 1.165) is 56.6 Å². The van der Waals surface area contributed by atoms with Crippen LogP contribution in [0, 0.1) is 51.2 Å². The summed E-state index contributed by atoms with van der Waals surface area (Å²) in [5.74, 6) is 3.93. The van der Waals surface area contributed by atoms with Crippen molar-refractivity contribution < 1.29 is 23.8 Å². The van der Waals surface area contributed by atoms with Gasteiger partial charge < -0.3 is 23.7 Å². The number of nitrogens with zero attached hydrogens (tertiary/aromatic N) is 4. The Balaban J connectivity index is 0.897. The van der Waals surface area contributed by atoms with Gasteiger partial charge in [0, 0.05) is 44.0 Å². The Morgan fingerprint density at radius 3 is 2.51 bits per heavy atom.